The molecule has 3 heteroatoms. The molecular formula is C15H25N3. The fourth-order valence-electron chi connectivity index (χ4n) is 2.63. The second kappa shape index (κ2) is 6.10. The Morgan fingerprint density at radius 3 is 2.61 bits per heavy atom. The molecule has 2 rings (SSSR count). The van der Waals surface area contributed by atoms with Gasteiger partial charge in [0.1, 0.15) is 0 Å². The first-order valence-corrected chi connectivity index (χ1v) is 6.96. The first-order chi connectivity index (χ1) is 8.70. The summed E-state index contributed by atoms with van der Waals surface area (Å²) < 4.78 is 0. The maximum atomic E-state index is 3.56. The topological polar surface area (TPSA) is 18.5 Å². The second-order valence-corrected chi connectivity index (χ2v) is 5.25. The maximum absolute atomic E-state index is 3.56. The summed E-state index contributed by atoms with van der Waals surface area (Å²) in [6, 6.07) is 9.53. The number of hydrogen-bond donors (Lipinski definition) is 1. The van der Waals surface area contributed by atoms with Crippen LogP contribution in [0.5, 0.6) is 0 Å². The lowest BCUT2D eigenvalue weighted by Gasteiger charge is -2.35. The lowest BCUT2D eigenvalue weighted by atomic mass is 10.0. The van der Waals surface area contributed by atoms with E-state index in [-0.39, 0.29) is 0 Å². The van der Waals surface area contributed by atoms with Gasteiger partial charge in [-0.25, -0.2) is 0 Å². The molecule has 0 radical (unpaired) electrons. The highest BCUT2D eigenvalue weighted by Crippen LogP contribution is 2.22. The molecule has 1 atom stereocenters. The van der Waals surface area contributed by atoms with Gasteiger partial charge in [0.2, 0.25) is 0 Å². The van der Waals surface area contributed by atoms with Gasteiger partial charge in [-0.05, 0) is 43.7 Å². The fraction of sp³-hybridized carbons (Fsp3) is 0.600. The van der Waals surface area contributed by atoms with Gasteiger partial charge in [-0.3, -0.25) is 0 Å². The highest BCUT2D eigenvalue weighted by molar-refractivity contribution is 5.56. The zero-order valence-corrected chi connectivity index (χ0v) is 11.8. The fourth-order valence-corrected chi connectivity index (χ4v) is 2.63. The summed E-state index contributed by atoms with van der Waals surface area (Å²) in [5, 5.41) is 3.56. The first-order valence-electron chi connectivity index (χ1n) is 6.96. The standard InChI is InChI=1S/C15H25N3/c1-4-16-13-6-5-11-18(12-13)15-9-7-14(8-10-15)17(2)3/h7-10,13,16H,4-6,11-12H2,1-3H3. The van der Waals surface area contributed by atoms with Gasteiger partial charge in [-0.15, -0.1) is 0 Å². The van der Waals surface area contributed by atoms with Gasteiger partial charge in [0.15, 0.2) is 0 Å². The third-order valence-corrected chi connectivity index (χ3v) is 3.65. The zero-order chi connectivity index (χ0) is 13.0. The zero-order valence-electron chi connectivity index (χ0n) is 11.8. The molecule has 1 aliphatic heterocycles. The molecule has 1 N–H and O–H groups in total. The Bertz CT molecular complexity index is 357. The Kier molecular flexibility index (Phi) is 4.48. The van der Waals surface area contributed by atoms with Gasteiger partial charge in [0.05, 0.1) is 0 Å². The quantitative estimate of drug-likeness (QED) is 0.881. The number of benzene rings is 1. The van der Waals surface area contributed by atoms with Gasteiger partial charge in [-0.1, -0.05) is 6.92 Å². The van der Waals surface area contributed by atoms with Crippen molar-refractivity contribution in [2.75, 3.05) is 43.5 Å². The van der Waals surface area contributed by atoms with Crippen LogP contribution in [0.15, 0.2) is 24.3 Å². The number of nitrogens with zero attached hydrogens (tertiary/aromatic N) is 2. The molecule has 1 saturated heterocycles. The third-order valence-electron chi connectivity index (χ3n) is 3.65. The minimum absolute atomic E-state index is 0.650. The largest absolute Gasteiger partial charge is 0.378 e. The van der Waals surface area contributed by atoms with Crippen LogP contribution in [0.4, 0.5) is 11.4 Å². The summed E-state index contributed by atoms with van der Waals surface area (Å²) in [6.07, 6.45) is 2.59. The van der Waals surface area contributed by atoms with Crippen LogP contribution in [0.2, 0.25) is 0 Å². The molecule has 100 valence electrons. The van der Waals surface area contributed by atoms with Crippen LogP contribution in [-0.2, 0) is 0 Å². The van der Waals surface area contributed by atoms with E-state index in [1.54, 1.807) is 0 Å². The van der Waals surface area contributed by atoms with Gasteiger partial charge in [0, 0.05) is 44.6 Å². The molecule has 0 spiro atoms. The van der Waals surface area contributed by atoms with E-state index in [9.17, 15) is 0 Å². The minimum Gasteiger partial charge on any atom is -0.378 e. The second-order valence-electron chi connectivity index (χ2n) is 5.25. The van der Waals surface area contributed by atoms with Crippen LogP contribution < -0.4 is 15.1 Å². The molecule has 0 aromatic heterocycles. The highest BCUT2D eigenvalue weighted by atomic mass is 15.2. The van der Waals surface area contributed by atoms with E-state index >= 15 is 0 Å². The molecule has 3 nitrogen and oxygen atoms in total. The van der Waals surface area contributed by atoms with Gasteiger partial charge in [0.25, 0.3) is 0 Å². The van der Waals surface area contributed by atoms with Crippen molar-refractivity contribution in [1.82, 2.24) is 5.32 Å². The van der Waals surface area contributed by atoms with Crippen LogP contribution in [0.25, 0.3) is 0 Å². The number of anilines is 2. The molecular weight excluding hydrogens is 222 g/mol. The minimum atomic E-state index is 0.650. The number of rotatable bonds is 4. The van der Waals surface area contributed by atoms with Crippen LogP contribution >= 0.6 is 0 Å². The Labute approximate surface area is 111 Å². The average molecular weight is 247 g/mol. The van der Waals surface area contributed by atoms with E-state index in [4.69, 9.17) is 0 Å². The van der Waals surface area contributed by atoms with Crippen molar-refractivity contribution >= 4 is 11.4 Å². The van der Waals surface area contributed by atoms with E-state index in [0.29, 0.717) is 6.04 Å². The maximum Gasteiger partial charge on any atom is 0.0368 e. The van der Waals surface area contributed by atoms with Crippen molar-refractivity contribution in [3.05, 3.63) is 24.3 Å². The Morgan fingerprint density at radius 2 is 2.00 bits per heavy atom. The molecule has 0 bridgehead atoms. The predicted octanol–water partition coefficient (Wildman–Crippen LogP) is 2.33. The summed E-state index contributed by atoms with van der Waals surface area (Å²) in [5.41, 5.74) is 2.61. The predicted molar refractivity (Wildman–Crippen MR) is 79.7 cm³/mol. The molecule has 1 heterocycles. The van der Waals surface area contributed by atoms with E-state index in [1.807, 2.05) is 0 Å². The van der Waals surface area contributed by atoms with E-state index in [0.717, 1.165) is 13.1 Å². The smallest absolute Gasteiger partial charge is 0.0368 e. The Balaban J connectivity index is 2.02. The molecule has 1 unspecified atom stereocenters. The molecule has 1 aromatic carbocycles. The Hall–Kier alpha value is -1.22. The summed E-state index contributed by atoms with van der Waals surface area (Å²) in [7, 11) is 4.16. The van der Waals surface area contributed by atoms with Crippen molar-refractivity contribution in [1.29, 1.82) is 0 Å². The van der Waals surface area contributed by atoms with Gasteiger partial charge in [-0.2, -0.15) is 0 Å². The number of nitrogens with one attached hydrogen (secondary N) is 1. The van der Waals surface area contributed by atoms with Crippen molar-refractivity contribution in [2.45, 2.75) is 25.8 Å². The summed E-state index contributed by atoms with van der Waals surface area (Å²) >= 11 is 0. The Morgan fingerprint density at radius 1 is 1.28 bits per heavy atom. The lowest BCUT2D eigenvalue weighted by molar-refractivity contribution is 0.431. The summed E-state index contributed by atoms with van der Waals surface area (Å²) in [5.74, 6) is 0. The normalized spacial score (nSPS) is 19.9. The number of likely N-dealkylation sites (N-methyl/N-ethyl adjacent to an activating group) is 1. The summed E-state index contributed by atoms with van der Waals surface area (Å²) in [6.45, 7) is 5.57. The number of hydrogen-bond acceptors (Lipinski definition) is 3. The molecule has 1 aliphatic rings. The van der Waals surface area contributed by atoms with Gasteiger partial charge < -0.3 is 15.1 Å². The number of piperidine rings is 1. The van der Waals surface area contributed by atoms with Crippen molar-refractivity contribution in [2.24, 2.45) is 0 Å². The SMILES string of the molecule is CCNC1CCCN(c2ccc(N(C)C)cc2)C1. The third kappa shape index (κ3) is 3.16. The molecule has 1 aromatic rings. The summed E-state index contributed by atoms with van der Waals surface area (Å²) in [4.78, 5) is 4.64. The highest BCUT2D eigenvalue weighted by Gasteiger charge is 2.19. The van der Waals surface area contributed by atoms with Crippen molar-refractivity contribution in [3.8, 4) is 0 Å². The van der Waals surface area contributed by atoms with E-state index in [1.165, 1.54) is 30.8 Å². The van der Waals surface area contributed by atoms with Crippen LogP contribution in [-0.4, -0.2) is 39.8 Å². The van der Waals surface area contributed by atoms with Crippen LogP contribution in [0.1, 0.15) is 19.8 Å². The molecule has 0 aliphatic carbocycles. The monoisotopic (exact) mass is 247 g/mol. The molecule has 1 fully saturated rings. The van der Waals surface area contributed by atoms with Crippen LogP contribution in [0.3, 0.4) is 0 Å². The van der Waals surface area contributed by atoms with Crippen molar-refractivity contribution < 1.29 is 0 Å². The van der Waals surface area contributed by atoms with Crippen molar-refractivity contribution in [3.63, 3.8) is 0 Å². The molecule has 18 heavy (non-hydrogen) atoms. The van der Waals surface area contributed by atoms with E-state index in [2.05, 4.69) is 60.4 Å². The van der Waals surface area contributed by atoms with E-state index < -0.39 is 0 Å². The first kappa shape index (κ1) is 13.2. The van der Waals surface area contributed by atoms with Gasteiger partial charge >= 0.3 is 0 Å². The molecule has 0 saturated carbocycles. The van der Waals surface area contributed by atoms with Crippen LogP contribution in [0, 0.1) is 0 Å². The lowest BCUT2D eigenvalue weighted by Crippen LogP contribution is -2.45. The average Bonchev–Trinajstić information content (AvgIpc) is 2.39. The molecule has 0 amide bonds.